The molecule has 0 bridgehead atoms. The first-order chi connectivity index (χ1) is 9.75. The Hall–Kier alpha value is -2.21. The predicted octanol–water partition coefficient (Wildman–Crippen LogP) is 0.588. The molecule has 6 heteroatoms. The number of carbonyl (C=O) groups is 1. The first-order valence-corrected chi connectivity index (χ1v) is 6.74. The number of hydrogen-bond donors (Lipinski definition) is 2. The van der Waals surface area contributed by atoms with Gasteiger partial charge in [-0.1, -0.05) is 23.4 Å². The molecule has 2 atom stereocenters. The molecule has 6 nitrogen and oxygen atoms in total. The second-order valence-electron chi connectivity index (χ2n) is 5.04. The largest absolute Gasteiger partial charge is 0.368 e. The van der Waals surface area contributed by atoms with Crippen LogP contribution < -0.4 is 11.1 Å². The molecule has 0 radical (unpaired) electrons. The number of nitrogens with zero attached hydrogens (tertiary/aromatic N) is 3. The fraction of sp³-hybridized carbons (Fsp3) is 0.357. The lowest BCUT2D eigenvalue weighted by Crippen LogP contribution is -2.46. The molecule has 2 aromatic rings. The van der Waals surface area contributed by atoms with E-state index in [2.05, 4.69) is 15.6 Å². The second-order valence-corrected chi connectivity index (χ2v) is 5.04. The van der Waals surface area contributed by atoms with Gasteiger partial charge < -0.3 is 11.1 Å². The molecule has 1 aromatic heterocycles. The molecule has 1 amide bonds. The molecule has 20 heavy (non-hydrogen) atoms. The number of primary amides is 1. The minimum absolute atomic E-state index is 0.240. The molecule has 3 N–H and O–H groups in total. The number of rotatable bonds is 3. The normalized spacial score (nSPS) is 22.6. The van der Waals surface area contributed by atoms with E-state index in [0.29, 0.717) is 6.42 Å². The van der Waals surface area contributed by atoms with Crippen molar-refractivity contribution >= 4 is 5.91 Å². The molecule has 1 aromatic carbocycles. The fourth-order valence-corrected chi connectivity index (χ4v) is 2.69. The van der Waals surface area contributed by atoms with Gasteiger partial charge in [0.15, 0.2) is 0 Å². The Morgan fingerprint density at radius 1 is 1.35 bits per heavy atom. The Kier molecular flexibility index (Phi) is 3.47. The minimum atomic E-state index is -0.298. The van der Waals surface area contributed by atoms with Gasteiger partial charge in [0.2, 0.25) is 5.91 Å². The molecule has 2 unspecified atom stereocenters. The molecule has 2 heterocycles. The van der Waals surface area contributed by atoms with E-state index in [1.54, 1.807) is 6.20 Å². The van der Waals surface area contributed by atoms with Gasteiger partial charge in [-0.3, -0.25) is 4.79 Å². The molecular weight excluding hydrogens is 254 g/mol. The molecule has 0 spiro atoms. The smallest absolute Gasteiger partial charge is 0.234 e. The lowest BCUT2D eigenvalue weighted by molar-refractivity contribution is -0.120. The van der Waals surface area contributed by atoms with E-state index in [4.69, 9.17) is 5.73 Å². The Morgan fingerprint density at radius 2 is 2.15 bits per heavy atom. The van der Waals surface area contributed by atoms with Gasteiger partial charge in [-0.05, 0) is 31.5 Å². The zero-order valence-electron chi connectivity index (χ0n) is 11.1. The minimum Gasteiger partial charge on any atom is -0.368 e. The van der Waals surface area contributed by atoms with Crippen LogP contribution in [0.3, 0.4) is 0 Å². The van der Waals surface area contributed by atoms with Crippen LogP contribution in [0.15, 0.2) is 36.5 Å². The Labute approximate surface area is 117 Å². The maximum absolute atomic E-state index is 11.3. The third-order valence-corrected chi connectivity index (χ3v) is 3.74. The molecule has 1 saturated heterocycles. The standard InChI is InChI=1S/C14H17N5O/c15-14(20)12-8-10(6-7-16-12)13-9-17-18-19(13)11-4-2-1-3-5-11/h1-5,9-10,12,16H,6-8H2,(H2,15,20). The van der Waals surface area contributed by atoms with Crippen molar-refractivity contribution in [1.29, 1.82) is 0 Å². The summed E-state index contributed by atoms with van der Waals surface area (Å²) < 4.78 is 1.84. The van der Waals surface area contributed by atoms with Crippen molar-refractivity contribution in [3.8, 4) is 5.69 Å². The van der Waals surface area contributed by atoms with Gasteiger partial charge in [0.25, 0.3) is 0 Å². The van der Waals surface area contributed by atoms with Crippen molar-refractivity contribution in [3.63, 3.8) is 0 Å². The van der Waals surface area contributed by atoms with Crippen LogP contribution in [0.1, 0.15) is 24.5 Å². The summed E-state index contributed by atoms with van der Waals surface area (Å²) in [6, 6.07) is 9.61. The molecule has 0 aliphatic carbocycles. The van der Waals surface area contributed by atoms with E-state index in [1.807, 2.05) is 35.0 Å². The zero-order chi connectivity index (χ0) is 13.9. The third-order valence-electron chi connectivity index (χ3n) is 3.74. The summed E-state index contributed by atoms with van der Waals surface area (Å²) in [5.41, 5.74) is 7.40. The van der Waals surface area contributed by atoms with Gasteiger partial charge in [-0.25, -0.2) is 4.68 Å². The van der Waals surface area contributed by atoms with Crippen LogP contribution in [0.5, 0.6) is 0 Å². The topological polar surface area (TPSA) is 85.8 Å². The zero-order valence-corrected chi connectivity index (χ0v) is 11.1. The summed E-state index contributed by atoms with van der Waals surface area (Å²) in [4.78, 5) is 11.3. The second kappa shape index (κ2) is 5.42. The summed E-state index contributed by atoms with van der Waals surface area (Å²) in [7, 11) is 0. The average Bonchev–Trinajstić information content (AvgIpc) is 2.98. The summed E-state index contributed by atoms with van der Waals surface area (Å²) in [5, 5.41) is 11.3. The van der Waals surface area contributed by atoms with Crippen LogP contribution in [0.4, 0.5) is 0 Å². The van der Waals surface area contributed by atoms with Crippen LogP contribution in [-0.2, 0) is 4.79 Å². The summed E-state index contributed by atoms with van der Waals surface area (Å²) in [6.45, 7) is 0.776. The highest BCUT2D eigenvalue weighted by atomic mass is 16.1. The van der Waals surface area contributed by atoms with Crippen LogP contribution in [0.25, 0.3) is 5.69 Å². The number of nitrogens with one attached hydrogen (secondary N) is 1. The number of benzene rings is 1. The first kappa shape index (κ1) is 12.8. The van der Waals surface area contributed by atoms with Crippen molar-refractivity contribution in [2.75, 3.05) is 6.54 Å². The molecule has 104 valence electrons. The number of amides is 1. The number of piperidine rings is 1. The lowest BCUT2D eigenvalue weighted by Gasteiger charge is -2.28. The van der Waals surface area contributed by atoms with E-state index < -0.39 is 0 Å². The molecule has 0 saturated carbocycles. The molecular formula is C14H17N5O. The van der Waals surface area contributed by atoms with Crippen molar-refractivity contribution in [3.05, 3.63) is 42.2 Å². The number of aromatic nitrogens is 3. The maximum Gasteiger partial charge on any atom is 0.234 e. The van der Waals surface area contributed by atoms with Crippen LogP contribution in [-0.4, -0.2) is 33.5 Å². The van der Waals surface area contributed by atoms with Crippen LogP contribution in [0.2, 0.25) is 0 Å². The van der Waals surface area contributed by atoms with Gasteiger partial charge in [-0.15, -0.1) is 5.10 Å². The Bertz CT molecular complexity index is 595. The van der Waals surface area contributed by atoms with Crippen molar-refractivity contribution in [2.24, 2.45) is 5.73 Å². The Balaban J connectivity index is 1.88. The number of carbonyl (C=O) groups excluding carboxylic acids is 1. The first-order valence-electron chi connectivity index (χ1n) is 6.74. The monoisotopic (exact) mass is 271 g/mol. The number of para-hydroxylation sites is 1. The molecule has 1 fully saturated rings. The average molecular weight is 271 g/mol. The fourth-order valence-electron chi connectivity index (χ4n) is 2.69. The van der Waals surface area contributed by atoms with Gasteiger partial charge >= 0.3 is 0 Å². The Morgan fingerprint density at radius 3 is 2.90 bits per heavy atom. The summed E-state index contributed by atoms with van der Waals surface area (Å²) in [6.07, 6.45) is 3.42. The summed E-state index contributed by atoms with van der Waals surface area (Å²) >= 11 is 0. The van der Waals surface area contributed by atoms with Gasteiger partial charge in [-0.2, -0.15) is 0 Å². The van der Waals surface area contributed by atoms with Gasteiger partial charge in [0.1, 0.15) is 0 Å². The highest BCUT2D eigenvalue weighted by molar-refractivity contribution is 5.80. The molecule has 1 aliphatic heterocycles. The summed E-state index contributed by atoms with van der Waals surface area (Å²) in [5.74, 6) is -0.0580. The highest BCUT2D eigenvalue weighted by Gasteiger charge is 2.28. The van der Waals surface area contributed by atoms with E-state index in [-0.39, 0.29) is 17.9 Å². The van der Waals surface area contributed by atoms with Crippen molar-refractivity contribution in [2.45, 2.75) is 24.8 Å². The quantitative estimate of drug-likeness (QED) is 0.855. The lowest BCUT2D eigenvalue weighted by atomic mass is 9.89. The van der Waals surface area contributed by atoms with Gasteiger partial charge in [0, 0.05) is 5.92 Å². The van der Waals surface area contributed by atoms with E-state index >= 15 is 0 Å². The van der Waals surface area contributed by atoms with Crippen molar-refractivity contribution < 1.29 is 4.79 Å². The van der Waals surface area contributed by atoms with Crippen molar-refractivity contribution in [1.82, 2.24) is 20.3 Å². The van der Waals surface area contributed by atoms with E-state index in [0.717, 1.165) is 24.3 Å². The highest BCUT2D eigenvalue weighted by Crippen LogP contribution is 2.28. The van der Waals surface area contributed by atoms with E-state index in [1.165, 1.54) is 0 Å². The third kappa shape index (κ3) is 2.42. The maximum atomic E-state index is 11.3. The van der Waals surface area contributed by atoms with Gasteiger partial charge in [0.05, 0.1) is 23.6 Å². The molecule has 3 rings (SSSR count). The number of nitrogens with two attached hydrogens (primary N) is 1. The predicted molar refractivity (Wildman–Crippen MR) is 74.3 cm³/mol. The number of hydrogen-bond acceptors (Lipinski definition) is 4. The van der Waals surface area contributed by atoms with E-state index in [9.17, 15) is 4.79 Å². The SMILES string of the molecule is NC(=O)C1CC(c2cnnn2-c2ccccc2)CCN1. The van der Waals surface area contributed by atoms with Crippen LogP contribution in [0, 0.1) is 0 Å². The molecule has 1 aliphatic rings. The van der Waals surface area contributed by atoms with Crippen LogP contribution >= 0.6 is 0 Å².